The molecule has 1 aliphatic heterocycles. The lowest BCUT2D eigenvalue weighted by atomic mass is 10.1. The van der Waals surface area contributed by atoms with Crippen molar-refractivity contribution in [3.8, 4) is 6.07 Å². The average molecular weight is 659 g/mol. The van der Waals surface area contributed by atoms with E-state index in [1.54, 1.807) is 4.67 Å². The molecule has 1 aromatic heterocycles. The van der Waals surface area contributed by atoms with Crippen LogP contribution in [0.2, 0.25) is 0 Å². The van der Waals surface area contributed by atoms with E-state index in [0.717, 1.165) is 16.8 Å². The summed E-state index contributed by atoms with van der Waals surface area (Å²) in [5, 5.41) is 9.10. The van der Waals surface area contributed by atoms with E-state index in [9.17, 15) is 23.3 Å². The van der Waals surface area contributed by atoms with Crippen LogP contribution in [0.5, 0.6) is 0 Å². The second kappa shape index (κ2) is 17.6. The van der Waals surface area contributed by atoms with Gasteiger partial charge in [0.15, 0.2) is 13.4 Å². The third-order valence-electron chi connectivity index (χ3n) is 5.37. The van der Waals surface area contributed by atoms with E-state index in [-0.39, 0.29) is 25.1 Å². The Kier molecular flexibility index (Phi) is 12.1. The Hall–Kier alpha value is -1.51. The van der Waals surface area contributed by atoms with E-state index in [1.165, 1.54) is 0 Å². The lowest BCUT2D eigenvalue weighted by Gasteiger charge is -2.38. The molecule has 1 aromatic rings. The first kappa shape index (κ1) is 28.3. The quantitative estimate of drug-likeness (QED) is 0.173. The molecule has 1 aliphatic rings. The minimum atomic E-state index is -4.23. The van der Waals surface area contributed by atoms with Gasteiger partial charge in [-0.15, -0.1) is 0 Å². The Morgan fingerprint density at radius 3 is 2.46 bits per heavy atom. The van der Waals surface area contributed by atoms with Crippen molar-refractivity contribution in [2.45, 2.75) is 70.7 Å². The van der Waals surface area contributed by atoms with Crippen LogP contribution in [0, 0.1) is 11.3 Å². The van der Waals surface area contributed by atoms with Crippen molar-refractivity contribution in [3.05, 3.63) is 44.9 Å². The molecule has 5 atom stereocenters. The molecule has 2 heterocycles. The highest BCUT2D eigenvalue weighted by molar-refractivity contribution is 7.67. The summed E-state index contributed by atoms with van der Waals surface area (Å²) >= 11 is 0. The molecular weight excluding hydrogens is 620 g/mol. The molecule has 0 radical (unpaired) electrons. The number of rotatable bonds is 18. The van der Waals surface area contributed by atoms with Gasteiger partial charge in [-0.1, -0.05) is 0 Å². The molecule has 0 aromatic carbocycles. The number of hydrogen-bond acceptors (Lipinski definition) is 13. The molecule has 0 aliphatic carbocycles. The van der Waals surface area contributed by atoms with Gasteiger partial charge < -0.3 is 23.1 Å². The molecule has 1 N–H and O–H groups in total. The van der Waals surface area contributed by atoms with E-state index in [1.807, 2.05) is 38.7 Å². The number of nitrogens with one attached hydrogen (secondary N) is 1. The Morgan fingerprint density at radius 2 is 1.93 bits per heavy atom. The van der Waals surface area contributed by atoms with Crippen LogP contribution in [0.1, 0.15) is 47.2 Å². The fraction of sp³-hybridized carbons (Fsp3) is 0.682. The van der Waals surface area contributed by atoms with Crippen molar-refractivity contribution >= 4 is 33.0 Å². The SMILES string of the molecule is [2H]/C(=C(/[2H])P(=O)(COP=O)COP=O)[C@H]1O[C@@H](n2ccc(=O)[nH]c2=O)[C@H](OC([2H])([2H])[2H])[C@@H]1OP(OCCC#N)N(C(C)C)C(C)C. The van der Waals surface area contributed by atoms with E-state index >= 15 is 0 Å². The van der Waals surface area contributed by atoms with Crippen molar-refractivity contribution in [2.24, 2.45) is 0 Å². The molecule has 19 heteroatoms. The first-order valence-corrected chi connectivity index (χ1v) is 16.7. The molecule has 41 heavy (non-hydrogen) atoms. The number of H-pyrrole nitrogens is 1. The molecule has 2 rings (SSSR count). The second-order valence-electron chi connectivity index (χ2n) is 8.97. The van der Waals surface area contributed by atoms with Crippen LogP contribution in [0.3, 0.4) is 0 Å². The van der Waals surface area contributed by atoms with Gasteiger partial charge in [0.25, 0.3) is 14.1 Å². The van der Waals surface area contributed by atoms with Gasteiger partial charge in [0.2, 0.25) is 0 Å². The largest absolute Gasteiger partial charge is 0.374 e. The summed E-state index contributed by atoms with van der Waals surface area (Å²) in [6.45, 7) is 7.20. The summed E-state index contributed by atoms with van der Waals surface area (Å²) in [5.74, 6) is -0.945. The van der Waals surface area contributed by atoms with Gasteiger partial charge in [-0.25, -0.2) is 18.6 Å². The van der Waals surface area contributed by atoms with E-state index in [0.29, 0.717) is 0 Å². The fourth-order valence-electron chi connectivity index (χ4n) is 3.76. The molecule has 1 fully saturated rings. The molecular formula is C22H34N4O11P4. The maximum atomic E-state index is 13.7. The normalized spacial score (nSPS) is 26.1. The number of ether oxygens (including phenoxy) is 2. The van der Waals surface area contributed by atoms with Gasteiger partial charge in [-0.2, -0.15) is 5.26 Å². The number of nitrogens with zero attached hydrogens (tertiary/aromatic N) is 3. The smallest absolute Gasteiger partial charge is 0.330 e. The predicted octanol–water partition coefficient (Wildman–Crippen LogP) is 4.35. The highest BCUT2D eigenvalue weighted by Gasteiger charge is 2.49. The summed E-state index contributed by atoms with van der Waals surface area (Å²) in [4.78, 5) is 26.6. The van der Waals surface area contributed by atoms with Gasteiger partial charge in [0.05, 0.1) is 26.0 Å². The zero-order valence-corrected chi connectivity index (χ0v) is 26.1. The monoisotopic (exact) mass is 659 g/mol. The van der Waals surface area contributed by atoms with Gasteiger partial charge >= 0.3 is 23.1 Å². The van der Waals surface area contributed by atoms with E-state index in [4.69, 9.17) is 39.7 Å². The molecule has 15 nitrogen and oxygen atoms in total. The lowest BCUT2D eigenvalue weighted by molar-refractivity contribution is -0.0482. The zero-order chi connectivity index (χ0) is 34.8. The van der Waals surface area contributed by atoms with Crippen molar-refractivity contribution in [1.82, 2.24) is 14.2 Å². The molecule has 228 valence electrons. The van der Waals surface area contributed by atoms with E-state index in [2.05, 4.69) is 0 Å². The summed E-state index contributed by atoms with van der Waals surface area (Å²) in [5.41, 5.74) is -1.81. The first-order valence-electron chi connectivity index (χ1n) is 14.6. The van der Waals surface area contributed by atoms with Crippen LogP contribution < -0.4 is 11.2 Å². The molecule has 0 spiro atoms. The minimum Gasteiger partial charge on any atom is -0.374 e. The highest BCUT2D eigenvalue weighted by atomic mass is 31.2. The second-order valence-corrected chi connectivity index (χ2v) is 13.7. The Morgan fingerprint density at radius 1 is 1.27 bits per heavy atom. The van der Waals surface area contributed by atoms with Crippen LogP contribution in [-0.4, -0.2) is 71.0 Å². The number of methoxy groups -OCH3 is 1. The topological polar surface area (TPSA) is 188 Å². The average Bonchev–Trinajstić information content (AvgIpc) is 3.29. The number of hydrogen-bond donors (Lipinski definition) is 1. The predicted molar refractivity (Wildman–Crippen MR) is 150 cm³/mol. The maximum absolute atomic E-state index is 13.7. The Labute approximate surface area is 249 Å². The standard InChI is InChI=1S/C22H34N4O11P4/c1-15(2)26(16(3)4)40(35-11-6-9-23)37-19-17(8-12-41(31,13-33-38-29)14-34-39-30)36-21(20(19)32-5)25-10-7-18(27)24-22(25)28/h7-8,10,12,15-17,19-21H,6,11,13-14H2,1-5H3,(H,24,27,28)/b12-8+/t17-,19-,20-,21-,40?/m1/s1/i5D3,8D,12D. The Bertz CT molecular complexity index is 1410. The van der Waals surface area contributed by atoms with Crippen LogP contribution in [-0.2, 0) is 41.3 Å². The van der Waals surface area contributed by atoms with Crippen molar-refractivity contribution < 1.29 is 48.1 Å². The van der Waals surface area contributed by atoms with Crippen LogP contribution in [0.4, 0.5) is 0 Å². The lowest BCUT2D eigenvalue weighted by Crippen LogP contribution is -2.41. The van der Waals surface area contributed by atoms with Crippen molar-refractivity contribution in [2.75, 3.05) is 26.3 Å². The first-order chi connectivity index (χ1) is 21.5. The minimum absolute atomic E-state index is 0.0385. The summed E-state index contributed by atoms with van der Waals surface area (Å²) in [6, 6.07) is 1.57. The molecule has 1 unspecified atom stereocenters. The van der Waals surface area contributed by atoms with Crippen LogP contribution >= 0.6 is 33.0 Å². The third kappa shape index (κ3) is 10.3. The highest BCUT2D eigenvalue weighted by Crippen LogP contribution is 2.52. The number of nitriles is 1. The zero-order valence-electron chi connectivity index (χ0n) is 27.6. The summed E-state index contributed by atoms with van der Waals surface area (Å²) in [6.07, 6.45) is -7.65. The van der Waals surface area contributed by atoms with Gasteiger partial charge in [-0.3, -0.25) is 23.4 Å². The fourth-order valence-corrected chi connectivity index (χ4v) is 7.94. The molecule has 1 saturated heterocycles. The third-order valence-corrected chi connectivity index (χ3v) is 10.0. The van der Waals surface area contributed by atoms with Crippen molar-refractivity contribution in [1.29, 1.82) is 5.26 Å². The van der Waals surface area contributed by atoms with Crippen LogP contribution in [0.25, 0.3) is 0 Å². The van der Waals surface area contributed by atoms with Gasteiger partial charge in [0.1, 0.15) is 31.0 Å². The number of aromatic amines is 1. The molecule has 0 amide bonds. The Balaban J connectivity index is 2.85. The van der Waals surface area contributed by atoms with Gasteiger partial charge in [-0.05, 0) is 39.5 Å². The summed E-state index contributed by atoms with van der Waals surface area (Å²) in [7, 11) is -11.4. The molecule has 0 bridgehead atoms. The van der Waals surface area contributed by atoms with Crippen LogP contribution in [0.15, 0.2) is 33.7 Å². The van der Waals surface area contributed by atoms with E-state index < -0.39 is 100 Å². The summed E-state index contributed by atoms with van der Waals surface area (Å²) < 4.78 is 112. The van der Waals surface area contributed by atoms with Crippen molar-refractivity contribution in [3.63, 3.8) is 0 Å². The molecule has 0 saturated carbocycles. The number of aromatic nitrogens is 2. The maximum Gasteiger partial charge on any atom is 0.330 e. The van der Waals surface area contributed by atoms with Gasteiger partial charge in [0, 0.05) is 31.4 Å².